The predicted octanol–water partition coefficient (Wildman–Crippen LogP) is 5.94. The number of benzene rings is 1. The highest BCUT2D eigenvalue weighted by Gasteiger charge is 2.40. The van der Waals surface area contributed by atoms with Gasteiger partial charge in [0.1, 0.15) is 17.7 Å². The molecule has 41 heavy (non-hydrogen) atoms. The van der Waals surface area contributed by atoms with E-state index in [1.54, 1.807) is 23.4 Å². The molecule has 0 aliphatic carbocycles. The molecule has 2 amide bonds. The Labute approximate surface area is 254 Å². The molecule has 1 aromatic carbocycles. The van der Waals surface area contributed by atoms with E-state index in [-0.39, 0.29) is 23.7 Å². The molecule has 218 valence electrons. The van der Waals surface area contributed by atoms with Crippen molar-refractivity contribution in [2.75, 3.05) is 6.54 Å². The molecule has 0 saturated carbocycles. The number of thiophene rings is 1. The minimum Gasteiger partial charge on any atom is -0.458 e. The van der Waals surface area contributed by atoms with E-state index in [0.29, 0.717) is 30.1 Å². The van der Waals surface area contributed by atoms with Crippen LogP contribution >= 0.6 is 27.3 Å². The fraction of sp³-hybridized carbons (Fsp3) is 0.452. The number of nitrogens with one attached hydrogen (secondary N) is 1. The first kappa shape index (κ1) is 30.8. The molecule has 2 aromatic heterocycles. The molecule has 3 aromatic rings. The van der Waals surface area contributed by atoms with E-state index in [1.165, 1.54) is 11.3 Å². The van der Waals surface area contributed by atoms with Crippen LogP contribution in [0.15, 0.2) is 53.3 Å². The number of aromatic nitrogens is 2. The molecule has 1 saturated heterocycles. The van der Waals surface area contributed by atoms with E-state index in [0.717, 1.165) is 20.5 Å². The lowest BCUT2D eigenvalue weighted by molar-refractivity contribution is -0.163. The smallest absolute Gasteiger partial charge is 0.329 e. The third kappa shape index (κ3) is 8.01. The Morgan fingerprint density at radius 2 is 1.71 bits per heavy atom. The average molecular weight is 642 g/mol. The van der Waals surface area contributed by atoms with E-state index < -0.39 is 23.7 Å². The summed E-state index contributed by atoms with van der Waals surface area (Å²) in [7, 11) is 0. The zero-order chi connectivity index (χ0) is 29.9. The van der Waals surface area contributed by atoms with Gasteiger partial charge in [0.25, 0.3) is 5.91 Å². The summed E-state index contributed by atoms with van der Waals surface area (Å²) in [6, 6.07) is 9.84. The normalized spacial score (nSPS) is 16.4. The molecule has 10 heteroatoms. The van der Waals surface area contributed by atoms with Crippen LogP contribution in [0.3, 0.4) is 0 Å². The van der Waals surface area contributed by atoms with Crippen molar-refractivity contribution in [3.8, 4) is 11.4 Å². The van der Waals surface area contributed by atoms with Gasteiger partial charge in [0, 0.05) is 35.8 Å². The maximum Gasteiger partial charge on any atom is 0.329 e. The average Bonchev–Trinajstić information content (AvgIpc) is 3.58. The van der Waals surface area contributed by atoms with Gasteiger partial charge < -0.3 is 15.0 Å². The first-order valence-corrected chi connectivity index (χ1v) is 15.3. The molecule has 1 N–H and O–H groups in total. The molecule has 3 heterocycles. The molecule has 2 unspecified atom stereocenters. The van der Waals surface area contributed by atoms with Gasteiger partial charge in [-0.05, 0) is 72.7 Å². The van der Waals surface area contributed by atoms with Crippen LogP contribution in [0.5, 0.6) is 0 Å². The van der Waals surface area contributed by atoms with E-state index >= 15 is 0 Å². The highest BCUT2D eigenvalue weighted by molar-refractivity contribution is 9.10. The Kier molecular flexibility index (Phi) is 9.33. The number of nitrogens with zero attached hydrogens (tertiary/aromatic N) is 3. The number of esters is 1. The second kappa shape index (κ2) is 12.4. The van der Waals surface area contributed by atoms with Crippen LogP contribution in [0.4, 0.5) is 0 Å². The van der Waals surface area contributed by atoms with E-state index in [9.17, 15) is 14.4 Å². The number of carbonyl (C=O) groups is 3. The van der Waals surface area contributed by atoms with Crippen molar-refractivity contribution in [2.45, 2.75) is 83.9 Å². The lowest BCUT2D eigenvalue weighted by Crippen LogP contribution is -2.53. The van der Waals surface area contributed by atoms with Crippen LogP contribution in [-0.2, 0) is 26.2 Å². The van der Waals surface area contributed by atoms with Gasteiger partial charge in [0.05, 0.1) is 9.35 Å². The van der Waals surface area contributed by atoms with Crippen molar-refractivity contribution in [3.05, 3.63) is 68.6 Å². The number of amides is 2. The summed E-state index contributed by atoms with van der Waals surface area (Å²) in [6.45, 7) is 12.2. The molecule has 1 fully saturated rings. The van der Waals surface area contributed by atoms with E-state index in [1.807, 2.05) is 51.1 Å². The quantitative estimate of drug-likeness (QED) is 0.321. The Balaban J connectivity index is 1.58. The van der Waals surface area contributed by atoms with Crippen LogP contribution < -0.4 is 5.32 Å². The third-order valence-electron chi connectivity index (χ3n) is 6.66. The van der Waals surface area contributed by atoms with E-state index in [4.69, 9.17) is 4.74 Å². The van der Waals surface area contributed by atoms with Crippen LogP contribution in [-0.4, -0.2) is 56.9 Å². The van der Waals surface area contributed by atoms with Gasteiger partial charge in [-0.3, -0.25) is 9.59 Å². The number of hydrogen-bond acceptors (Lipinski definition) is 7. The summed E-state index contributed by atoms with van der Waals surface area (Å²) in [5.41, 5.74) is 0.950. The van der Waals surface area contributed by atoms with Crippen molar-refractivity contribution < 1.29 is 19.1 Å². The Morgan fingerprint density at radius 3 is 2.29 bits per heavy atom. The number of carbonyl (C=O) groups excluding carboxylic acids is 3. The summed E-state index contributed by atoms with van der Waals surface area (Å²) in [5, 5.41) is 2.98. The number of ether oxygens (including phenoxy) is 1. The molecule has 4 rings (SSSR count). The van der Waals surface area contributed by atoms with Gasteiger partial charge in [0.15, 0.2) is 5.82 Å². The van der Waals surface area contributed by atoms with Gasteiger partial charge >= 0.3 is 5.97 Å². The van der Waals surface area contributed by atoms with Crippen molar-refractivity contribution in [1.82, 2.24) is 20.2 Å². The maximum absolute atomic E-state index is 14.0. The number of halogens is 1. The minimum atomic E-state index is -0.861. The molecular weight excluding hydrogens is 604 g/mol. The summed E-state index contributed by atoms with van der Waals surface area (Å²) in [5.74, 6) is -0.429. The Morgan fingerprint density at radius 1 is 1.05 bits per heavy atom. The summed E-state index contributed by atoms with van der Waals surface area (Å²) in [6.07, 6.45) is 4.86. The second-order valence-electron chi connectivity index (χ2n) is 12.3. The lowest BCUT2D eigenvalue weighted by Gasteiger charge is -2.30. The molecule has 1 aliphatic rings. The highest BCUT2D eigenvalue weighted by Crippen LogP contribution is 2.30. The minimum absolute atomic E-state index is 0.0884. The molecule has 2 atom stereocenters. The lowest BCUT2D eigenvalue weighted by atomic mass is 9.95. The predicted molar refractivity (Wildman–Crippen MR) is 164 cm³/mol. The number of rotatable bonds is 7. The molecular formula is C31H37BrN4O4S. The first-order chi connectivity index (χ1) is 19.2. The fourth-order valence-electron chi connectivity index (χ4n) is 4.62. The summed E-state index contributed by atoms with van der Waals surface area (Å²) in [4.78, 5) is 52.2. The molecule has 0 spiro atoms. The highest BCUT2D eigenvalue weighted by atomic mass is 79.9. The van der Waals surface area contributed by atoms with Gasteiger partial charge in [-0.2, -0.15) is 0 Å². The van der Waals surface area contributed by atoms with Crippen LogP contribution in [0, 0.1) is 0 Å². The molecule has 8 nitrogen and oxygen atoms in total. The maximum atomic E-state index is 14.0. The largest absolute Gasteiger partial charge is 0.458 e. The zero-order valence-corrected chi connectivity index (χ0v) is 26.8. The van der Waals surface area contributed by atoms with Gasteiger partial charge in [-0.1, -0.05) is 45.0 Å². The third-order valence-corrected chi connectivity index (χ3v) is 8.58. The van der Waals surface area contributed by atoms with Crippen LogP contribution in [0.25, 0.3) is 11.4 Å². The second-order valence-corrected chi connectivity index (χ2v) is 14.3. The summed E-state index contributed by atoms with van der Waals surface area (Å²) >= 11 is 4.77. The number of likely N-dealkylation sites (tertiary alicyclic amines) is 1. The molecule has 0 bridgehead atoms. The fourth-order valence-corrected chi connectivity index (χ4v) is 5.80. The zero-order valence-electron chi connectivity index (χ0n) is 24.4. The number of hydrogen-bond donors (Lipinski definition) is 1. The topological polar surface area (TPSA) is 101 Å². The SMILES string of the molecule is CC(C)(C)OC(=O)C1CCCN1C(=O)C(Cc1ccc(-c2ncc(Br)cn2)cc1)NC(=O)c1ccc(C(C)(C)C)s1. The van der Waals surface area contributed by atoms with Crippen molar-refractivity contribution in [1.29, 1.82) is 0 Å². The summed E-state index contributed by atoms with van der Waals surface area (Å²) < 4.78 is 6.41. The first-order valence-electron chi connectivity index (χ1n) is 13.7. The van der Waals surface area contributed by atoms with Crippen LogP contribution in [0.2, 0.25) is 0 Å². The molecule has 1 aliphatic heterocycles. The standard InChI is InChI=1S/C31H37BrN4O4S/c1-30(2,3)25-14-13-24(41-25)27(37)35-22(28(38)36-15-7-8-23(36)29(39)40-31(4,5)6)16-19-9-11-20(12-10-19)26-33-17-21(32)18-34-26/h9-14,17-18,22-23H,7-8,15-16H2,1-6H3,(H,35,37). The van der Waals surface area contributed by atoms with E-state index in [2.05, 4.69) is 52.0 Å². The molecule has 0 radical (unpaired) electrons. The van der Waals surface area contributed by atoms with Crippen LogP contribution in [0.1, 0.15) is 74.5 Å². The Bertz CT molecular complexity index is 1390. The van der Waals surface area contributed by atoms with Crippen molar-refractivity contribution in [2.24, 2.45) is 0 Å². The van der Waals surface area contributed by atoms with Gasteiger partial charge in [-0.25, -0.2) is 14.8 Å². The van der Waals surface area contributed by atoms with Gasteiger partial charge in [0.2, 0.25) is 5.91 Å². The monoisotopic (exact) mass is 640 g/mol. The van der Waals surface area contributed by atoms with Crippen molar-refractivity contribution in [3.63, 3.8) is 0 Å². The Hall–Kier alpha value is -3.11. The van der Waals surface area contributed by atoms with Gasteiger partial charge in [-0.15, -0.1) is 11.3 Å². The van der Waals surface area contributed by atoms with Crippen molar-refractivity contribution >= 4 is 45.1 Å².